The number of amides is 1. The number of ether oxygens (including phenoxy) is 1. The number of hydrogen-bond donors (Lipinski definition) is 1. The maximum atomic E-state index is 13.3. The highest BCUT2D eigenvalue weighted by Crippen LogP contribution is 2.50. The zero-order valence-corrected chi connectivity index (χ0v) is 14.9. The maximum absolute atomic E-state index is 13.3. The van der Waals surface area contributed by atoms with Crippen molar-refractivity contribution < 1.29 is 9.53 Å². The molecule has 2 aromatic rings. The van der Waals surface area contributed by atoms with E-state index in [1.165, 1.54) is 0 Å². The maximum Gasteiger partial charge on any atom is 0.233 e. The molecule has 1 atom stereocenters. The number of imidazole rings is 1. The SMILES string of the molecule is COc1ccc(C2(C(=O)N3CCC[C@H](c4ncc(C)[nH]4)C3)CC2)cc1. The van der Waals surface area contributed by atoms with E-state index in [0.717, 1.165) is 61.6 Å². The van der Waals surface area contributed by atoms with Crippen molar-refractivity contribution in [2.24, 2.45) is 0 Å². The van der Waals surface area contributed by atoms with E-state index in [1.54, 1.807) is 7.11 Å². The van der Waals surface area contributed by atoms with Gasteiger partial charge in [-0.3, -0.25) is 4.79 Å². The van der Waals surface area contributed by atoms with Gasteiger partial charge in [-0.2, -0.15) is 0 Å². The lowest BCUT2D eigenvalue weighted by molar-refractivity contribution is -0.135. The molecule has 0 unspecified atom stereocenters. The molecule has 4 rings (SSSR count). The molecule has 5 nitrogen and oxygen atoms in total. The minimum Gasteiger partial charge on any atom is -0.497 e. The van der Waals surface area contributed by atoms with Crippen molar-refractivity contribution in [3.63, 3.8) is 0 Å². The normalized spacial score (nSPS) is 21.8. The Bertz CT molecular complexity index is 762. The number of nitrogens with zero attached hydrogens (tertiary/aromatic N) is 2. The average Bonchev–Trinajstić information content (AvgIpc) is 3.36. The van der Waals surface area contributed by atoms with Crippen LogP contribution in [0, 0.1) is 6.92 Å². The lowest BCUT2D eigenvalue weighted by Crippen LogP contribution is -2.44. The van der Waals surface area contributed by atoms with Crippen LogP contribution in [0.2, 0.25) is 0 Å². The van der Waals surface area contributed by atoms with Gasteiger partial charge in [0.1, 0.15) is 11.6 Å². The second-order valence-electron chi connectivity index (χ2n) is 7.35. The third kappa shape index (κ3) is 2.92. The minimum absolute atomic E-state index is 0.283. The van der Waals surface area contributed by atoms with Crippen LogP contribution in [0.5, 0.6) is 5.75 Å². The summed E-state index contributed by atoms with van der Waals surface area (Å²) in [5.41, 5.74) is 1.89. The molecule has 1 saturated heterocycles. The van der Waals surface area contributed by atoms with Crippen LogP contribution in [0.25, 0.3) is 0 Å². The molecule has 0 radical (unpaired) electrons. The van der Waals surface area contributed by atoms with E-state index in [2.05, 4.69) is 14.9 Å². The Kier molecular flexibility index (Phi) is 4.02. The van der Waals surface area contributed by atoms with E-state index in [1.807, 2.05) is 37.4 Å². The number of piperidine rings is 1. The molecular formula is C20H25N3O2. The number of carbonyl (C=O) groups is 1. The number of rotatable bonds is 4. The van der Waals surface area contributed by atoms with Crippen LogP contribution >= 0.6 is 0 Å². The van der Waals surface area contributed by atoms with Crippen LogP contribution in [0.4, 0.5) is 0 Å². The van der Waals surface area contributed by atoms with Gasteiger partial charge in [-0.25, -0.2) is 4.98 Å². The van der Waals surface area contributed by atoms with Crippen molar-refractivity contribution in [2.75, 3.05) is 20.2 Å². The van der Waals surface area contributed by atoms with Gasteiger partial charge in [0, 0.05) is 30.9 Å². The summed E-state index contributed by atoms with van der Waals surface area (Å²) >= 11 is 0. The number of methoxy groups -OCH3 is 1. The molecule has 25 heavy (non-hydrogen) atoms. The molecule has 2 heterocycles. The Balaban J connectivity index is 1.51. The van der Waals surface area contributed by atoms with E-state index in [9.17, 15) is 4.79 Å². The van der Waals surface area contributed by atoms with Gasteiger partial charge in [0.2, 0.25) is 5.91 Å². The monoisotopic (exact) mass is 339 g/mol. The number of aromatic amines is 1. The van der Waals surface area contributed by atoms with Gasteiger partial charge >= 0.3 is 0 Å². The molecular weight excluding hydrogens is 314 g/mol. The summed E-state index contributed by atoms with van der Waals surface area (Å²) in [5.74, 6) is 2.45. The van der Waals surface area contributed by atoms with Crippen molar-refractivity contribution >= 4 is 5.91 Å². The number of aromatic nitrogens is 2. The topological polar surface area (TPSA) is 58.2 Å². The number of likely N-dealkylation sites (tertiary alicyclic amines) is 1. The third-order valence-electron chi connectivity index (χ3n) is 5.62. The zero-order chi connectivity index (χ0) is 17.4. The summed E-state index contributed by atoms with van der Waals surface area (Å²) in [4.78, 5) is 23.2. The van der Waals surface area contributed by atoms with Crippen molar-refractivity contribution in [3.05, 3.63) is 47.5 Å². The van der Waals surface area contributed by atoms with Gasteiger partial charge < -0.3 is 14.6 Å². The third-order valence-corrected chi connectivity index (χ3v) is 5.62. The Morgan fingerprint density at radius 1 is 1.32 bits per heavy atom. The summed E-state index contributed by atoms with van der Waals surface area (Å²) in [6.45, 7) is 3.64. The van der Waals surface area contributed by atoms with Crippen LogP contribution in [0.15, 0.2) is 30.5 Å². The first-order chi connectivity index (χ1) is 12.1. The van der Waals surface area contributed by atoms with E-state index >= 15 is 0 Å². The van der Waals surface area contributed by atoms with E-state index in [-0.39, 0.29) is 11.3 Å². The number of hydrogen-bond acceptors (Lipinski definition) is 3. The molecule has 132 valence electrons. The Hall–Kier alpha value is -2.30. The van der Waals surface area contributed by atoms with Crippen LogP contribution in [-0.4, -0.2) is 41.0 Å². The number of carbonyl (C=O) groups excluding carboxylic acids is 1. The Morgan fingerprint density at radius 2 is 2.08 bits per heavy atom. The van der Waals surface area contributed by atoms with Crippen molar-refractivity contribution in [2.45, 2.75) is 43.9 Å². The number of benzene rings is 1. The predicted molar refractivity (Wildman–Crippen MR) is 95.8 cm³/mol. The van der Waals surface area contributed by atoms with Crippen LogP contribution < -0.4 is 4.74 Å². The lowest BCUT2D eigenvalue weighted by atomic mass is 9.91. The number of H-pyrrole nitrogens is 1. The van der Waals surface area contributed by atoms with Crippen molar-refractivity contribution in [1.29, 1.82) is 0 Å². The Morgan fingerprint density at radius 3 is 2.68 bits per heavy atom. The second-order valence-corrected chi connectivity index (χ2v) is 7.35. The average molecular weight is 339 g/mol. The molecule has 5 heteroatoms. The molecule has 0 spiro atoms. The molecule has 1 amide bonds. The Labute approximate surface area is 148 Å². The fraction of sp³-hybridized carbons (Fsp3) is 0.500. The van der Waals surface area contributed by atoms with Gasteiger partial charge in [0.25, 0.3) is 0 Å². The summed E-state index contributed by atoms with van der Waals surface area (Å²) in [7, 11) is 1.66. The molecule has 1 saturated carbocycles. The highest BCUT2D eigenvalue weighted by Gasteiger charge is 2.53. The molecule has 0 bridgehead atoms. The summed E-state index contributed by atoms with van der Waals surface area (Å²) in [6, 6.07) is 7.99. The fourth-order valence-corrected chi connectivity index (χ4v) is 3.99. The second kappa shape index (κ2) is 6.21. The van der Waals surface area contributed by atoms with Crippen LogP contribution in [0.3, 0.4) is 0 Å². The summed E-state index contributed by atoms with van der Waals surface area (Å²) < 4.78 is 5.24. The molecule has 1 aromatic carbocycles. The number of aryl methyl sites for hydroxylation is 1. The largest absolute Gasteiger partial charge is 0.497 e. The fourth-order valence-electron chi connectivity index (χ4n) is 3.99. The molecule has 1 aliphatic heterocycles. The smallest absolute Gasteiger partial charge is 0.233 e. The molecule has 1 N–H and O–H groups in total. The van der Waals surface area contributed by atoms with E-state index in [0.29, 0.717) is 5.92 Å². The van der Waals surface area contributed by atoms with Gasteiger partial charge in [0.15, 0.2) is 0 Å². The molecule has 2 fully saturated rings. The van der Waals surface area contributed by atoms with Gasteiger partial charge in [-0.05, 0) is 50.3 Å². The van der Waals surface area contributed by atoms with Crippen molar-refractivity contribution in [1.82, 2.24) is 14.9 Å². The predicted octanol–water partition coefficient (Wildman–Crippen LogP) is 3.16. The summed E-state index contributed by atoms with van der Waals surface area (Å²) in [5, 5.41) is 0. The van der Waals surface area contributed by atoms with E-state index < -0.39 is 0 Å². The first-order valence-corrected chi connectivity index (χ1v) is 9.08. The zero-order valence-electron chi connectivity index (χ0n) is 14.9. The van der Waals surface area contributed by atoms with Crippen LogP contribution in [-0.2, 0) is 10.2 Å². The summed E-state index contributed by atoms with van der Waals surface area (Å²) in [6.07, 6.45) is 5.88. The standard InChI is InChI=1S/C20H25N3O2/c1-14-12-21-18(22-14)15-4-3-11-23(13-15)19(24)20(9-10-20)16-5-7-17(25-2)8-6-16/h5-8,12,15H,3-4,9-11,13H2,1-2H3,(H,21,22)/t15-/m0/s1. The molecule has 1 aromatic heterocycles. The molecule has 1 aliphatic carbocycles. The highest BCUT2D eigenvalue weighted by atomic mass is 16.5. The van der Waals surface area contributed by atoms with Gasteiger partial charge in [-0.15, -0.1) is 0 Å². The first-order valence-electron chi connectivity index (χ1n) is 9.08. The minimum atomic E-state index is -0.312. The highest BCUT2D eigenvalue weighted by molar-refractivity contribution is 5.91. The first kappa shape index (κ1) is 16.2. The number of nitrogens with one attached hydrogen (secondary N) is 1. The van der Waals surface area contributed by atoms with Crippen molar-refractivity contribution in [3.8, 4) is 5.75 Å². The lowest BCUT2D eigenvalue weighted by Gasteiger charge is -2.34. The molecule has 2 aliphatic rings. The quantitative estimate of drug-likeness (QED) is 0.931. The van der Waals surface area contributed by atoms with Gasteiger partial charge in [-0.1, -0.05) is 12.1 Å². The van der Waals surface area contributed by atoms with E-state index in [4.69, 9.17) is 4.74 Å². The van der Waals surface area contributed by atoms with Gasteiger partial charge in [0.05, 0.1) is 12.5 Å². The van der Waals surface area contributed by atoms with Crippen LogP contribution in [0.1, 0.15) is 48.7 Å².